The Morgan fingerprint density at radius 1 is 0.679 bits per heavy atom. The zero-order valence-corrected chi connectivity index (χ0v) is 19.4. The minimum Gasteiger partial charge on any atom is -0.371 e. The Hall–Kier alpha value is -1.60. The molecule has 0 aliphatic carbocycles. The maximum Gasteiger partial charge on any atom is 0.0875 e. The molecule has 2 aromatic rings. The number of ether oxygens (including phenoxy) is 1. The zero-order chi connectivity index (χ0) is 21.0. The molecule has 0 N–H and O–H groups in total. The van der Waals surface area contributed by atoms with Gasteiger partial charge in [0.15, 0.2) is 0 Å². The molecule has 0 heterocycles. The van der Waals surface area contributed by atoms with E-state index in [1.165, 1.54) is 28.7 Å². The molecule has 1 nitrogen and oxygen atoms in total. The molecule has 0 saturated heterocycles. The van der Waals surface area contributed by atoms with Crippen molar-refractivity contribution >= 4 is 0 Å². The minimum atomic E-state index is -0.269. The van der Waals surface area contributed by atoms with Crippen LogP contribution in [-0.4, -0.2) is 6.61 Å². The number of aryl methyl sites for hydroxylation is 1. The van der Waals surface area contributed by atoms with Gasteiger partial charge in [-0.2, -0.15) is 0 Å². The van der Waals surface area contributed by atoms with Gasteiger partial charge in [-0.1, -0.05) is 96.5 Å². The molecule has 0 radical (unpaired) electrons. The van der Waals surface area contributed by atoms with Crippen molar-refractivity contribution in [1.29, 1.82) is 0 Å². The van der Waals surface area contributed by atoms with E-state index in [1.807, 2.05) is 0 Å². The van der Waals surface area contributed by atoms with Gasteiger partial charge in [-0.3, -0.25) is 0 Å². The van der Waals surface area contributed by atoms with Crippen molar-refractivity contribution in [3.05, 3.63) is 70.8 Å². The quantitative estimate of drug-likeness (QED) is 0.434. The second-order valence-electron chi connectivity index (χ2n) is 9.88. The molecule has 0 unspecified atom stereocenters. The Morgan fingerprint density at radius 3 is 1.61 bits per heavy atom. The molecule has 0 atom stereocenters. The standard InChI is InChI=1S/C27H40O/c1-9-21-11-13-22(14-12-21)26(5,6)23-15-17-24(18-16-23)27(7,8)28-20-19-25(3,4)10-2/h11-18H,9-10,19-20H2,1-8H3. The summed E-state index contributed by atoms with van der Waals surface area (Å²) in [6, 6.07) is 18.1. The second kappa shape index (κ2) is 8.82. The van der Waals surface area contributed by atoms with Gasteiger partial charge in [0.25, 0.3) is 0 Å². The van der Waals surface area contributed by atoms with Crippen molar-refractivity contribution in [2.45, 2.75) is 85.7 Å². The average molecular weight is 381 g/mol. The Bertz CT molecular complexity index is 733. The summed E-state index contributed by atoms with van der Waals surface area (Å²) in [5.74, 6) is 0. The Kier molecular flexibility index (Phi) is 7.15. The topological polar surface area (TPSA) is 9.23 Å². The first kappa shape index (κ1) is 22.7. The van der Waals surface area contributed by atoms with Crippen LogP contribution < -0.4 is 0 Å². The highest BCUT2D eigenvalue weighted by molar-refractivity contribution is 5.40. The third-order valence-electron chi connectivity index (χ3n) is 6.58. The molecule has 154 valence electrons. The number of rotatable bonds is 9. The van der Waals surface area contributed by atoms with E-state index >= 15 is 0 Å². The van der Waals surface area contributed by atoms with Gasteiger partial charge in [-0.15, -0.1) is 0 Å². The summed E-state index contributed by atoms with van der Waals surface area (Å²) in [5.41, 5.74) is 5.38. The summed E-state index contributed by atoms with van der Waals surface area (Å²) in [7, 11) is 0. The summed E-state index contributed by atoms with van der Waals surface area (Å²) in [6.45, 7) is 18.8. The van der Waals surface area contributed by atoms with Crippen LogP contribution in [0.25, 0.3) is 0 Å². The van der Waals surface area contributed by atoms with Crippen LogP contribution in [0.15, 0.2) is 48.5 Å². The van der Waals surface area contributed by atoms with Crippen molar-refractivity contribution in [2.24, 2.45) is 5.41 Å². The lowest BCUT2D eigenvalue weighted by Crippen LogP contribution is -2.25. The lowest BCUT2D eigenvalue weighted by atomic mass is 9.77. The van der Waals surface area contributed by atoms with E-state index in [0.717, 1.165) is 19.4 Å². The summed E-state index contributed by atoms with van der Waals surface area (Å²) < 4.78 is 6.29. The molecule has 0 bridgehead atoms. The van der Waals surface area contributed by atoms with E-state index < -0.39 is 0 Å². The summed E-state index contributed by atoms with van der Waals surface area (Å²) >= 11 is 0. The first-order chi connectivity index (χ1) is 13.0. The van der Waals surface area contributed by atoms with Crippen molar-refractivity contribution < 1.29 is 4.74 Å². The van der Waals surface area contributed by atoms with Crippen LogP contribution in [-0.2, 0) is 22.2 Å². The van der Waals surface area contributed by atoms with E-state index in [4.69, 9.17) is 4.74 Å². The van der Waals surface area contributed by atoms with Crippen molar-refractivity contribution in [2.75, 3.05) is 6.61 Å². The fraction of sp³-hybridized carbons (Fsp3) is 0.556. The molecule has 0 aliphatic rings. The monoisotopic (exact) mass is 380 g/mol. The van der Waals surface area contributed by atoms with Gasteiger partial charge in [-0.05, 0) is 54.4 Å². The number of hydrogen-bond donors (Lipinski definition) is 0. The maximum absolute atomic E-state index is 6.29. The first-order valence-electron chi connectivity index (χ1n) is 10.9. The fourth-order valence-corrected chi connectivity index (χ4v) is 3.45. The molecule has 0 saturated carbocycles. The normalized spacial score (nSPS) is 13.0. The molecule has 0 aromatic heterocycles. The summed E-state index contributed by atoms with van der Waals surface area (Å²) in [6.07, 6.45) is 3.35. The van der Waals surface area contributed by atoms with E-state index in [0.29, 0.717) is 5.41 Å². The zero-order valence-electron chi connectivity index (χ0n) is 19.4. The molecule has 2 rings (SSSR count). The molecule has 0 aliphatic heterocycles. The Labute approximate surface area is 173 Å². The lowest BCUT2D eigenvalue weighted by Gasteiger charge is -2.31. The molecule has 0 spiro atoms. The molecule has 1 heteroatoms. The van der Waals surface area contributed by atoms with Crippen LogP contribution in [0.2, 0.25) is 0 Å². The Balaban J connectivity index is 2.12. The molecular formula is C27H40O. The molecule has 0 amide bonds. The predicted molar refractivity (Wildman–Crippen MR) is 122 cm³/mol. The van der Waals surface area contributed by atoms with Crippen LogP contribution in [0.5, 0.6) is 0 Å². The fourth-order valence-electron chi connectivity index (χ4n) is 3.45. The van der Waals surface area contributed by atoms with Gasteiger partial charge < -0.3 is 4.74 Å². The van der Waals surface area contributed by atoms with Gasteiger partial charge in [0.05, 0.1) is 5.60 Å². The van der Waals surface area contributed by atoms with E-state index in [-0.39, 0.29) is 11.0 Å². The van der Waals surface area contributed by atoms with Crippen LogP contribution in [0.4, 0.5) is 0 Å². The molecular weight excluding hydrogens is 340 g/mol. The minimum absolute atomic E-state index is 0.0129. The van der Waals surface area contributed by atoms with Crippen molar-refractivity contribution in [1.82, 2.24) is 0 Å². The third kappa shape index (κ3) is 5.47. The summed E-state index contributed by atoms with van der Waals surface area (Å²) in [4.78, 5) is 0. The Morgan fingerprint density at radius 2 is 1.14 bits per heavy atom. The average Bonchev–Trinajstić information content (AvgIpc) is 2.68. The van der Waals surface area contributed by atoms with E-state index in [2.05, 4.69) is 104 Å². The van der Waals surface area contributed by atoms with E-state index in [1.54, 1.807) is 0 Å². The maximum atomic E-state index is 6.29. The predicted octanol–water partition coefficient (Wildman–Crippen LogP) is 7.65. The first-order valence-corrected chi connectivity index (χ1v) is 10.9. The molecule has 2 aromatic carbocycles. The van der Waals surface area contributed by atoms with Crippen LogP contribution in [0.1, 0.15) is 90.5 Å². The SMILES string of the molecule is CCc1ccc(C(C)(C)c2ccc(C(C)(C)OCCC(C)(C)CC)cc2)cc1. The van der Waals surface area contributed by atoms with Crippen molar-refractivity contribution in [3.63, 3.8) is 0 Å². The van der Waals surface area contributed by atoms with Crippen LogP contribution in [0.3, 0.4) is 0 Å². The molecule has 28 heavy (non-hydrogen) atoms. The number of benzene rings is 2. The van der Waals surface area contributed by atoms with Gasteiger partial charge in [0.1, 0.15) is 0 Å². The van der Waals surface area contributed by atoms with Crippen molar-refractivity contribution in [3.8, 4) is 0 Å². The lowest BCUT2D eigenvalue weighted by molar-refractivity contribution is -0.0333. The molecule has 0 fully saturated rings. The van der Waals surface area contributed by atoms with Crippen LogP contribution in [0, 0.1) is 5.41 Å². The van der Waals surface area contributed by atoms with Crippen LogP contribution >= 0.6 is 0 Å². The largest absolute Gasteiger partial charge is 0.371 e. The van der Waals surface area contributed by atoms with E-state index in [9.17, 15) is 0 Å². The smallest absolute Gasteiger partial charge is 0.0875 e. The highest BCUT2D eigenvalue weighted by atomic mass is 16.5. The van der Waals surface area contributed by atoms with Gasteiger partial charge in [0, 0.05) is 12.0 Å². The van der Waals surface area contributed by atoms with Gasteiger partial charge >= 0.3 is 0 Å². The number of hydrogen-bond acceptors (Lipinski definition) is 1. The summed E-state index contributed by atoms with van der Waals surface area (Å²) in [5, 5.41) is 0. The van der Waals surface area contributed by atoms with Gasteiger partial charge in [-0.25, -0.2) is 0 Å². The highest BCUT2D eigenvalue weighted by Gasteiger charge is 2.26. The van der Waals surface area contributed by atoms with Gasteiger partial charge in [0.2, 0.25) is 0 Å². The highest BCUT2D eigenvalue weighted by Crippen LogP contribution is 2.34. The second-order valence-corrected chi connectivity index (χ2v) is 9.88. The third-order valence-corrected chi connectivity index (χ3v) is 6.58.